The number of pyridine rings is 1. The largest absolute Gasteiger partial charge is 0.494 e. The summed E-state index contributed by atoms with van der Waals surface area (Å²) in [6, 6.07) is 11.6. The Labute approximate surface area is 184 Å². The van der Waals surface area contributed by atoms with Gasteiger partial charge >= 0.3 is 6.18 Å². The summed E-state index contributed by atoms with van der Waals surface area (Å²) in [7, 11) is 1.70. The number of halogens is 3. The van der Waals surface area contributed by atoms with Crippen LogP contribution in [0.5, 0.6) is 5.75 Å². The molecule has 1 aromatic carbocycles. The number of hydrogen-bond donors (Lipinski definition) is 0. The Morgan fingerprint density at radius 2 is 1.84 bits per heavy atom. The van der Waals surface area contributed by atoms with E-state index in [1.165, 1.54) is 16.9 Å². The van der Waals surface area contributed by atoms with Crippen molar-refractivity contribution in [2.24, 2.45) is 0 Å². The molecule has 1 amide bonds. The summed E-state index contributed by atoms with van der Waals surface area (Å²) in [6.45, 7) is 4.73. The summed E-state index contributed by atoms with van der Waals surface area (Å²) in [5.74, 6) is 0.676. The quantitative estimate of drug-likeness (QED) is 0.460. The molecule has 32 heavy (non-hydrogen) atoms. The molecule has 0 saturated carbocycles. The van der Waals surface area contributed by atoms with Gasteiger partial charge in [-0.3, -0.25) is 4.79 Å². The smallest absolute Gasteiger partial charge is 0.417 e. The summed E-state index contributed by atoms with van der Waals surface area (Å²) >= 11 is 0. The fourth-order valence-corrected chi connectivity index (χ4v) is 3.26. The van der Waals surface area contributed by atoms with Gasteiger partial charge in [-0.2, -0.15) is 18.3 Å². The van der Waals surface area contributed by atoms with Gasteiger partial charge in [-0.25, -0.2) is 9.67 Å². The van der Waals surface area contributed by atoms with Crippen LogP contribution in [0.2, 0.25) is 0 Å². The first-order chi connectivity index (χ1) is 15.2. The van der Waals surface area contributed by atoms with Gasteiger partial charge in [0.25, 0.3) is 5.91 Å². The molecular formula is C23H25F3N4O2. The Kier molecular flexibility index (Phi) is 7.17. The average molecular weight is 446 g/mol. The monoisotopic (exact) mass is 446 g/mol. The number of nitrogens with zero attached hydrogens (tertiary/aromatic N) is 4. The number of carbonyl (C=O) groups is 1. The first-order valence-corrected chi connectivity index (χ1v) is 10.2. The van der Waals surface area contributed by atoms with Gasteiger partial charge in [0.2, 0.25) is 0 Å². The normalized spacial score (nSPS) is 11.6. The molecule has 0 unspecified atom stereocenters. The van der Waals surface area contributed by atoms with Crippen LogP contribution in [0.1, 0.15) is 47.8 Å². The van der Waals surface area contributed by atoms with Gasteiger partial charge < -0.3 is 9.64 Å². The zero-order valence-corrected chi connectivity index (χ0v) is 18.1. The van der Waals surface area contributed by atoms with E-state index in [0.717, 1.165) is 18.0 Å². The second-order valence-electron chi connectivity index (χ2n) is 7.65. The lowest BCUT2D eigenvalue weighted by atomic mass is 10.0. The van der Waals surface area contributed by atoms with E-state index >= 15 is 0 Å². The first-order valence-electron chi connectivity index (χ1n) is 10.2. The van der Waals surface area contributed by atoms with Crippen LogP contribution in [0, 0.1) is 0 Å². The third-order valence-electron chi connectivity index (χ3n) is 4.87. The van der Waals surface area contributed by atoms with Crippen molar-refractivity contribution in [3.05, 3.63) is 71.7 Å². The molecule has 9 heteroatoms. The number of rotatable bonds is 8. The van der Waals surface area contributed by atoms with Gasteiger partial charge in [0.05, 0.1) is 29.6 Å². The van der Waals surface area contributed by atoms with Crippen molar-refractivity contribution in [2.45, 2.75) is 32.4 Å². The lowest BCUT2D eigenvalue weighted by Crippen LogP contribution is -2.29. The number of ether oxygens (including phenoxy) is 1. The molecule has 0 aliphatic carbocycles. The average Bonchev–Trinajstić information content (AvgIpc) is 3.22. The molecule has 0 saturated heterocycles. The number of para-hydroxylation sites is 1. The Balaban J connectivity index is 1.70. The number of benzene rings is 1. The van der Waals surface area contributed by atoms with E-state index in [-0.39, 0.29) is 17.6 Å². The van der Waals surface area contributed by atoms with E-state index < -0.39 is 11.7 Å². The van der Waals surface area contributed by atoms with Gasteiger partial charge in [0, 0.05) is 19.8 Å². The molecule has 0 fully saturated rings. The van der Waals surface area contributed by atoms with Gasteiger partial charge in [-0.05, 0) is 36.6 Å². The third kappa shape index (κ3) is 5.46. The van der Waals surface area contributed by atoms with Gasteiger partial charge in [-0.1, -0.05) is 32.0 Å². The highest BCUT2D eigenvalue weighted by Crippen LogP contribution is 2.29. The third-order valence-corrected chi connectivity index (χ3v) is 4.87. The van der Waals surface area contributed by atoms with Gasteiger partial charge in [-0.15, -0.1) is 0 Å². The highest BCUT2D eigenvalue weighted by atomic mass is 19.4. The molecule has 170 valence electrons. The lowest BCUT2D eigenvalue weighted by molar-refractivity contribution is -0.137. The Hall–Kier alpha value is -3.36. The minimum atomic E-state index is -4.47. The Morgan fingerprint density at radius 1 is 1.12 bits per heavy atom. The van der Waals surface area contributed by atoms with Crippen molar-refractivity contribution in [3.8, 4) is 11.6 Å². The van der Waals surface area contributed by atoms with Crippen LogP contribution in [0.15, 0.2) is 54.9 Å². The highest BCUT2D eigenvalue weighted by Gasteiger charge is 2.31. The summed E-state index contributed by atoms with van der Waals surface area (Å²) < 4.78 is 45.6. The van der Waals surface area contributed by atoms with Crippen LogP contribution in [-0.4, -0.2) is 45.8 Å². The topological polar surface area (TPSA) is 60.3 Å². The maximum atomic E-state index is 13.0. The van der Waals surface area contributed by atoms with Gasteiger partial charge in [0.15, 0.2) is 5.82 Å². The standard InChI is InChI=1S/C23H25F3N4O2/c1-16(2)21-19(15-28-30(21)20-11-10-17(14-27-20)23(24,25)26)22(31)29(3)12-7-13-32-18-8-5-4-6-9-18/h4-6,8-11,14-16H,7,12-13H2,1-3H3. The molecule has 0 N–H and O–H groups in total. The zero-order valence-electron chi connectivity index (χ0n) is 18.1. The van der Waals surface area contributed by atoms with Crippen LogP contribution >= 0.6 is 0 Å². The molecule has 0 radical (unpaired) electrons. The van der Waals surface area contributed by atoms with Crippen molar-refractivity contribution >= 4 is 5.91 Å². The van der Waals surface area contributed by atoms with Crippen LogP contribution in [0.4, 0.5) is 13.2 Å². The highest BCUT2D eigenvalue weighted by molar-refractivity contribution is 5.95. The van der Waals surface area contributed by atoms with Crippen LogP contribution in [0.3, 0.4) is 0 Å². The summed E-state index contributed by atoms with van der Waals surface area (Å²) in [4.78, 5) is 18.5. The summed E-state index contributed by atoms with van der Waals surface area (Å²) in [6.07, 6.45) is -1.62. The number of hydrogen-bond acceptors (Lipinski definition) is 4. The molecule has 6 nitrogen and oxygen atoms in total. The molecule has 2 aromatic heterocycles. The van der Waals surface area contributed by atoms with E-state index in [4.69, 9.17) is 4.74 Å². The van der Waals surface area contributed by atoms with Crippen LogP contribution in [0.25, 0.3) is 5.82 Å². The van der Waals surface area contributed by atoms with Crippen molar-refractivity contribution in [1.29, 1.82) is 0 Å². The number of alkyl halides is 3. The zero-order chi connectivity index (χ0) is 23.3. The van der Waals surface area contributed by atoms with E-state index in [0.29, 0.717) is 30.8 Å². The second-order valence-corrected chi connectivity index (χ2v) is 7.65. The maximum Gasteiger partial charge on any atom is 0.417 e. The van der Waals surface area contributed by atoms with Gasteiger partial charge in [0.1, 0.15) is 5.75 Å². The molecule has 0 bridgehead atoms. The minimum absolute atomic E-state index is 0.102. The lowest BCUT2D eigenvalue weighted by Gasteiger charge is -2.19. The molecule has 2 heterocycles. The number of amides is 1. The Bertz CT molecular complexity index is 1030. The molecule has 3 aromatic rings. The van der Waals surface area contributed by atoms with E-state index in [9.17, 15) is 18.0 Å². The van der Waals surface area contributed by atoms with E-state index in [1.54, 1.807) is 11.9 Å². The van der Waals surface area contributed by atoms with E-state index in [2.05, 4.69) is 10.1 Å². The molecule has 3 rings (SSSR count). The maximum absolute atomic E-state index is 13.0. The molecule has 0 spiro atoms. The predicted molar refractivity (Wildman–Crippen MR) is 114 cm³/mol. The second kappa shape index (κ2) is 9.84. The molecule has 0 atom stereocenters. The van der Waals surface area contributed by atoms with Crippen molar-refractivity contribution in [2.75, 3.05) is 20.2 Å². The van der Waals surface area contributed by atoms with Crippen LogP contribution in [-0.2, 0) is 6.18 Å². The molecule has 0 aliphatic rings. The predicted octanol–water partition coefficient (Wildman–Crippen LogP) is 4.95. The summed E-state index contributed by atoms with van der Waals surface area (Å²) in [5, 5.41) is 4.24. The van der Waals surface area contributed by atoms with Crippen LogP contribution < -0.4 is 4.74 Å². The molecule has 0 aliphatic heterocycles. The minimum Gasteiger partial charge on any atom is -0.494 e. The Morgan fingerprint density at radius 3 is 2.44 bits per heavy atom. The molecular weight excluding hydrogens is 421 g/mol. The van der Waals surface area contributed by atoms with Crippen molar-refractivity contribution in [1.82, 2.24) is 19.7 Å². The fourth-order valence-electron chi connectivity index (χ4n) is 3.26. The number of carbonyl (C=O) groups excluding carboxylic acids is 1. The van der Waals surface area contributed by atoms with E-state index in [1.807, 2.05) is 44.2 Å². The van der Waals surface area contributed by atoms with Crippen molar-refractivity contribution < 1.29 is 22.7 Å². The summed E-state index contributed by atoms with van der Waals surface area (Å²) in [5.41, 5.74) is 0.149. The number of aromatic nitrogens is 3. The first kappa shape index (κ1) is 23.3. The fraction of sp³-hybridized carbons (Fsp3) is 0.348. The van der Waals surface area contributed by atoms with Crippen molar-refractivity contribution in [3.63, 3.8) is 0 Å². The SMILES string of the molecule is CC(C)c1c(C(=O)N(C)CCCOc2ccccc2)cnn1-c1ccc(C(F)(F)F)cn1.